The van der Waals surface area contributed by atoms with Crippen LogP contribution in [0, 0.1) is 0 Å². The van der Waals surface area contributed by atoms with Crippen molar-refractivity contribution >= 4 is 0 Å². The second-order valence-corrected chi connectivity index (χ2v) is 4.76. The first kappa shape index (κ1) is 14.1. The summed E-state index contributed by atoms with van der Waals surface area (Å²) in [5.74, 6) is 2.21. The predicted molar refractivity (Wildman–Crippen MR) is 80.5 cm³/mol. The lowest BCUT2D eigenvalue weighted by atomic mass is 10.2. The molecule has 0 saturated carbocycles. The van der Waals surface area contributed by atoms with Crippen LogP contribution in [0.25, 0.3) is 5.69 Å². The summed E-state index contributed by atoms with van der Waals surface area (Å²) in [5.41, 5.74) is 0.820. The van der Waals surface area contributed by atoms with E-state index in [-0.39, 0.29) is 6.04 Å². The summed E-state index contributed by atoms with van der Waals surface area (Å²) in [6, 6.07) is 7.42. The number of rotatable bonds is 5. The maximum atomic E-state index is 5.44. The zero-order chi connectivity index (χ0) is 15.5. The summed E-state index contributed by atoms with van der Waals surface area (Å²) >= 11 is 0. The molecule has 7 heteroatoms. The minimum Gasteiger partial charge on any atom is -0.497 e. The van der Waals surface area contributed by atoms with Gasteiger partial charge in [-0.05, 0) is 25.1 Å². The van der Waals surface area contributed by atoms with Gasteiger partial charge in [-0.1, -0.05) is 0 Å². The molecule has 0 aliphatic rings. The predicted octanol–water partition coefficient (Wildman–Crippen LogP) is 2.09. The van der Waals surface area contributed by atoms with Crippen molar-refractivity contribution in [1.29, 1.82) is 0 Å². The minimum absolute atomic E-state index is 0.0617. The van der Waals surface area contributed by atoms with Gasteiger partial charge in [0.25, 0.3) is 0 Å². The summed E-state index contributed by atoms with van der Waals surface area (Å²) in [6.07, 6.45) is 5.29. The molecule has 0 amide bonds. The zero-order valence-corrected chi connectivity index (χ0v) is 12.7. The van der Waals surface area contributed by atoms with E-state index in [2.05, 4.69) is 15.3 Å². The molecule has 0 bridgehead atoms. The van der Waals surface area contributed by atoms with Crippen LogP contribution in [0.3, 0.4) is 0 Å². The highest BCUT2D eigenvalue weighted by Crippen LogP contribution is 2.29. The van der Waals surface area contributed by atoms with Crippen molar-refractivity contribution in [2.75, 3.05) is 14.2 Å². The van der Waals surface area contributed by atoms with Crippen LogP contribution in [0.15, 0.2) is 43.0 Å². The molecule has 2 aromatic heterocycles. The Hall–Kier alpha value is -2.83. The highest BCUT2D eigenvalue weighted by atomic mass is 16.5. The van der Waals surface area contributed by atoms with E-state index >= 15 is 0 Å². The van der Waals surface area contributed by atoms with Crippen LogP contribution in [0.2, 0.25) is 0 Å². The molecule has 0 unspecified atom stereocenters. The van der Waals surface area contributed by atoms with E-state index in [1.54, 1.807) is 26.7 Å². The van der Waals surface area contributed by atoms with Crippen LogP contribution >= 0.6 is 0 Å². The van der Waals surface area contributed by atoms with Crippen molar-refractivity contribution in [2.45, 2.75) is 13.0 Å². The molecule has 114 valence electrons. The van der Waals surface area contributed by atoms with E-state index in [4.69, 9.17) is 9.47 Å². The van der Waals surface area contributed by atoms with Gasteiger partial charge in [0.2, 0.25) is 0 Å². The van der Waals surface area contributed by atoms with Crippen molar-refractivity contribution in [1.82, 2.24) is 24.5 Å². The smallest absolute Gasteiger partial charge is 0.162 e. The molecule has 1 aromatic carbocycles. The van der Waals surface area contributed by atoms with Gasteiger partial charge in [0.05, 0.1) is 19.9 Å². The van der Waals surface area contributed by atoms with E-state index in [1.807, 2.05) is 46.6 Å². The van der Waals surface area contributed by atoms with Gasteiger partial charge >= 0.3 is 0 Å². The lowest BCUT2D eigenvalue weighted by Gasteiger charge is -2.16. The molecule has 0 fully saturated rings. The Morgan fingerprint density at radius 2 is 2.05 bits per heavy atom. The number of nitrogens with zero attached hydrogens (tertiary/aromatic N) is 5. The first-order valence-corrected chi connectivity index (χ1v) is 6.86. The Morgan fingerprint density at radius 3 is 2.73 bits per heavy atom. The van der Waals surface area contributed by atoms with E-state index in [1.165, 1.54) is 0 Å². The Morgan fingerprint density at radius 1 is 1.18 bits per heavy atom. The number of ether oxygens (including phenoxy) is 2. The Labute approximate surface area is 128 Å². The van der Waals surface area contributed by atoms with Gasteiger partial charge in [-0.15, -0.1) is 10.2 Å². The Bertz CT molecular complexity index is 751. The molecule has 1 atom stereocenters. The fraction of sp³-hybridized carbons (Fsp3) is 0.267. The summed E-state index contributed by atoms with van der Waals surface area (Å²) in [4.78, 5) is 0. The van der Waals surface area contributed by atoms with Crippen molar-refractivity contribution in [3.63, 3.8) is 0 Å². The average Bonchev–Trinajstić information content (AvgIpc) is 3.24. The standard InChI is InChI=1S/C15H17N5O2/c1-11(20-8-4-7-17-20)15-18-16-10-19(15)13-9-12(21-2)5-6-14(13)22-3/h4-11H,1-3H3/t11-/m1/s1. The summed E-state index contributed by atoms with van der Waals surface area (Å²) < 4.78 is 14.4. The van der Waals surface area contributed by atoms with E-state index in [9.17, 15) is 0 Å². The molecule has 0 spiro atoms. The first-order valence-electron chi connectivity index (χ1n) is 6.86. The summed E-state index contributed by atoms with van der Waals surface area (Å²) in [7, 11) is 3.26. The van der Waals surface area contributed by atoms with Crippen LogP contribution in [0.5, 0.6) is 11.5 Å². The molecule has 3 rings (SSSR count). The van der Waals surface area contributed by atoms with E-state index in [0.717, 1.165) is 23.0 Å². The molecule has 0 aliphatic carbocycles. The molecule has 22 heavy (non-hydrogen) atoms. The molecule has 0 aliphatic heterocycles. The third-order valence-electron chi connectivity index (χ3n) is 3.52. The van der Waals surface area contributed by atoms with Crippen LogP contribution in [-0.4, -0.2) is 38.8 Å². The highest BCUT2D eigenvalue weighted by Gasteiger charge is 2.18. The van der Waals surface area contributed by atoms with Crippen molar-refractivity contribution in [3.8, 4) is 17.2 Å². The number of methoxy groups -OCH3 is 2. The molecular formula is C15H17N5O2. The van der Waals surface area contributed by atoms with Crippen molar-refractivity contribution in [3.05, 3.63) is 48.8 Å². The van der Waals surface area contributed by atoms with Gasteiger partial charge in [0, 0.05) is 18.5 Å². The lowest BCUT2D eigenvalue weighted by molar-refractivity contribution is 0.400. The van der Waals surface area contributed by atoms with Crippen molar-refractivity contribution < 1.29 is 9.47 Å². The molecular weight excluding hydrogens is 282 g/mol. The molecule has 0 radical (unpaired) electrons. The molecule has 0 saturated heterocycles. The number of hydrogen-bond donors (Lipinski definition) is 0. The molecule has 7 nitrogen and oxygen atoms in total. The van der Waals surface area contributed by atoms with E-state index < -0.39 is 0 Å². The monoisotopic (exact) mass is 299 g/mol. The van der Waals surface area contributed by atoms with Crippen LogP contribution < -0.4 is 9.47 Å². The normalized spacial score (nSPS) is 12.1. The van der Waals surface area contributed by atoms with Crippen LogP contribution in [-0.2, 0) is 0 Å². The van der Waals surface area contributed by atoms with Gasteiger partial charge < -0.3 is 9.47 Å². The Balaban J connectivity index is 2.09. The largest absolute Gasteiger partial charge is 0.497 e. The zero-order valence-electron chi connectivity index (χ0n) is 12.7. The number of hydrogen-bond acceptors (Lipinski definition) is 5. The second-order valence-electron chi connectivity index (χ2n) is 4.76. The lowest BCUT2D eigenvalue weighted by Crippen LogP contribution is -2.13. The third kappa shape index (κ3) is 2.41. The van der Waals surface area contributed by atoms with Gasteiger partial charge in [0.15, 0.2) is 5.82 Å². The second kappa shape index (κ2) is 5.88. The third-order valence-corrected chi connectivity index (χ3v) is 3.52. The fourth-order valence-electron chi connectivity index (χ4n) is 2.33. The number of aromatic nitrogens is 5. The average molecular weight is 299 g/mol. The van der Waals surface area contributed by atoms with E-state index in [0.29, 0.717) is 0 Å². The van der Waals surface area contributed by atoms with Gasteiger partial charge in [-0.2, -0.15) is 5.10 Å². The topological polar surface area (TPSA) is 67.0 Å². The summed E-state index contributed by atoms with van der Waals surface area (Å²) in [5, 5.41) is 12.5. The van der Waals surface area contributed by atoms with Gasteiger partial charge in [0.1, 0.15) is 23.9 Å². The van der Waals surface area contributed by atoms with Gasteiger partial charge in [-0.3, -0.25) is 9.25 Å². The SMILES string of the molecule is COc1ccc(OC)c(-n2cnnc2[C@@H](C)n2cccn2)c1. The number of benzene rings is 1. The maximum Gasteiger partial charge on any atom is 0.162 e. The minimum atomic E-state index is -0.0617. The Kier molecular flexibility index (Phi) is 3.78. The molecule has 3 aromatic rings. The molecule has 0 N–H and O–H groups in total. The highest BCUT2D eigenvalue weighted by molar-refractivity contribution is 5.51. The van der Waals surface area contributed by atoms with Crippen molar-refractivity contribution in [2.24, 2.45) is 0 Å². The van der Waals surface area contributed by atoms with Gasteiger partial charge in [-0.25, -0.2) is 0 Å². The first-order chi connectivity index (χ1) is 10.7. The maximum absolute atomic E-state index is 5.44. The molecule has 2 heterocycles. The fourth-order valence-corrected chi connectivity index (χ4v) is 2.33. The summed E-state index contributed by atoms with van der Waals surface area (Å²) in [6.45, 7) is 2.01. The van der Waals surface area contributed by atoms with Crippen LogP contribution in [0.4, 0.5) is 0 Å². The van der Waals surface area contributed by atoms with Crippen LogP contribution in [0.1, 0.15) is 18.8 Å². The quantitative estimate of drug-likeness (QED) is 0.721.